The van der Waals surface area contributed by atoms with E-state index >= 15 is 0 Å². The van der Waals surface area contributed by atoms with E-state index < -0.39 is 0 Å². The molecule has 1 aromatic heterocycles. The molecule has 2 N–H and O–H groups in total. The molecule has 15 heavy (non-hydrogen) atoms. The Hall–Kier alpha value is -1.43. The average Bonchev–Trinajstić information content (AvgIpc) is 2.75. The van der Waals surface area contributed by atoms with Crippen molar-refractivity contribution in [2.75, 3.05) is 20.1 Å². The first-order valence-corrected chi connectivity index (χ1v) is 5.08. The first-order chi connectivity index (χ1) is 7.33. The minimum absolute atomic E-state index is 0.0683. The van der Waals surface area contributed by atoms with Crippen LogP contribution in [0.5, 0.6) is 0 Å². The predicted molar refractivity (Wildman–Crippen MR) is 56.2 cm³/mol. The minimum atomic E-state index is 0.0683. The third kappa shape index (κ3) is 5.11. The van der Waals surface area contributed by atoms with Gasteiger partial charge in [0.15, 0.2) is 0 Å². The Bertz CT molecular complexity index is 272. The molecule has 0 bridgehead atoms. The maximum Gasteiger partial charge on any atom is 0.221 e. The van der Waals surface area contributed by atoms with E-state index in [1.807, 2.05) is 6.20 Å². The number of aryl methyl sites for hydroxylation is 1. The van der Waals surface area contributed by atoms with Crippen LogP contribution in [0, 0.1) is 0 Å². The van der Waals surface area contributed by atoms with Crippen molar-refractivity contribution in [3.05, 3.63) is 12.4 Å². The molecule has 0 saturated heterocycles. The number of carbonyl (C=O) groups excluding carboxylic acids is 1. The first-order valence-electron chi connectivity index (χ1n) is 5.08. The van der Waals surface area contributed by atoms with E-state index in [9.17, 15) is 4.79 Å². The Morgan fingerprint density at radius 2 is 2.33 bits per heavy atom. The normalized spacial score (nSPS) is 10.2. The molecule has 0 atom stereocenters. The molecule has 0 saturated carbocycles. The highest BCUT2D eigenvalue weighted by Crippen LogP contribution is 1.85. The summed E-state index contributed by atoms with van der Waals surface area (Å²) in [5, 5.41) is 13.3. The first kappa shape index (κ1) is 11.6. The number of nitrogens with zero attached hydrogens (tertiary/aromatic N) is 3. The monoisotopic (exact) mass is 211 g/mol. The molecule has 0 unspecified atom stereocenters. The quantitative estimate of drug-likeness (QED) is 0.590. The summed E-state index contributed by atoms with van der Waals surface area (Å²) in [6.45, 7) is 2.46. The van der Waals surface area contributed by atoms with Gasteiger partial charge >= 0.3 is 0 Å². The van der Waals surface area contributed by atoms with Gasteiger partial charge in [-0.15, -0.1) is 5.10 Å². The second-order valence-corrected chi connectivity index (χ2v) is 3.19. The van der Waals surface area contributed by atoms with E-state index in [1.165, 1.54) is 0 Å². The zero-order valence-electron chi connectivity index (χ0n) is 8.94. The number of aromatic nitrogens is 3. The van der Waals surface area contributed by atoms with Crippen molar-refractivity contribution < 1.29 is 4.79 Å². The lowest BCUT2D eigenvalue weighted by atomic mass is 10.3. The molecule has 1 heterocycles. The Kier molecular flexibility index (Phi) is 5.39. The van der Waals surface area contributed by atoms with Gasteiger partial charge in [0.1, 0.15) is 0 Å². The van der Waals surface area contributed by atoms with E-state index in [4.69, 9.17) is 0 Å². The molecule has 0 spiro atoms. The summed E-state index contributed by atoms with van der Waals surface area (Å²) in [5.74, 6) is 0.0683. The SMILES string of the molecule is CNC(=O)CCNCCCn1ccnn1. The van der Waals surface area contributed by atoms with Crippen molar-refractivity contribution in [3.8, 4) is 0 Å². The van der Waals surface area contributed by atoms with Gasteiger partial charge in [0.05, 0.1) is 6.20 Å². The summed E-state index contributed by atoms with van der Waals surface area (Å²) in [6.07, 6.45) is 5.01. The average molecular weight is 211 g/mol. The third-order valence-corrected chi connectivity index (χ3v) is 2.02. The van der Waals surface area contributed by atoms with Crippen LogP contribution in [0.3, 0.4) is 0 Å². The molecule has 0 aliphatic rings. The lowest BCUT2D eigenvalue weighted by molar-refractivity contribution is -0.120. The zero-order valence-corrected chi connectivity index (χ0v) is 8.94. The van der Waals surface area contributed by atoms with Crippen LogP contribution in [0.2, 0.25) is 0 Å². The molecule has 0 aliphatic carbocycles. The van der Waals surface area contributed by atoms with Crippen LogP contribution in [-0.2, 0) is 11.3 Å². The second kappa shape index (κ2) is 6.94. The summed E-state index contributed by atoms with van der Waals surface area (Å²) in [5.41, 5.74) is 0. The highest BCUT2D eigenvalue weighted by molar-refractivity contribution is 5.75. The predicted octanol–water partition coefficient (Wildman–Crippen LogP) is -0.606. The summed E-state index contributed by atoms with van der Waals surface area (Å²) < 4.78 is 1.79. The van der Waals surface area contributed by atoms with E-state index in [1.54, 1.807) is 17.9 Å². The standard InChI is InChI=1S/C9H17N5O/c1-10-9(15)3-5-11-4-2-7-14-8-6-12-13-14/h6,8,11H,2-5,7H2,1H3,(H,10,15). The van der Waals surface area contributed by atoms with Crippen molar-refractivity contribution in [1.82, 2.24) is 25.6 Å². The van der Waals surface area contributed by atoms with Gasteiger partial charge in [0.25, 0.3) is 0 Å². The van der Waals surface area contributed by atoms with Crippen molar-refractivity contribution in [3.63, 3.8) is 0 Å². The maximum absolute atomic E-state index is 10.9. The maximum atomic E-state index is 10.9. The summed E-state index contributed by atoms with van der Waals surface area (Å²) in [4.78, 5) is 10.9. The molecule has 1 aromatic rings. The van der Waals surface area contributed by atoms with E-state index in [-0.39, 0.29) is 5.91 Å². The van der Waals surface area contributed by atoms with Gasteiger partial charge in [0.2, 0.25) is 5.91 Å². The molecule has 0 aliphatic heterocycles. The number of hydrogen-bond donors (Lipinski definition) is 2. The molecule has 1 rings (SSSR count). The van der Waals surface area contributed by atoms with Crippen LogP contribution < -0.4 is 10.6 Å². The number of hydrogen-bond acceptors (Lipinski definition) is 4. The summed E-state index contributed by atoms with van der Waals surface area (Å²) >= 11 is 0. The number of nitrogens with one attached hydrogen (secondary N) is 2. The van der Waals surface area contributed by atoms with Gasteiger partial charge < -0.3 is 10.6 Å². The van der Waals surface area contributed by atoms with Crippen LogP contribution in [0.25, 0.3) is 0 Å². The van der Waals surface area contributed by atoms with Crippen molar-refractivity contribution >= 4 is 5.91 Å². The molecule has 0 fully saturated rings. The molecular formula is C9H17N5O. The fourth-order valence-corrected chi connectivity index (χ4v) is 1.17. The highest BCUT2D eigenvalue weighted by atomic mass is 16.1. The fourth-order valence-electron chi connectivity index (χ4n) is 1.17. The third-order valence-electron chi connectivity index (χ3n) is 2.02. The van der Waals surface area contributed by atoms with Crippen LogP contribution in [0.4, 0.5) is 0 Å². The Balaban J connectivity index is 1.91. The molecular weight excluding hydrogens is 194 g/mol. The smallest absolute Gasteiger partial charge is 0.221 e. The van der Waals surface area contributed by atoms with Gasteiger partial charge in [-0.05, 0) is 13.0 Å². The van der Waals surface area contributed by atoms with Gasteiger partial charge in [-0.25, -0.2) is 0 Å². The second-order valence-electron chi connectivity index (χ2n) is 3.19. The number of rotatable bonds is 7. The molecule has 1 amide bonds. The van der Waals surface area contributed by atoms with Gasteiger partial charge in [-0.1, -0.05) is 5.21 Å². The van der Waals surface area contributed by atoms with Crippen LogP contribution in [0.15, 0.2) is 12.4 Å². The Morgan fingerprint density at radius 1 is 1.47 bits per heavy atom. The number of carbonyl (C=O) groups is 1. The summed E-state index contributed by atoms with van der Waals surface area (Å²) in [7, 11) is 1.65. The molecule has 84 valence electrons. The Labute approximate surface area is 89.0 Å². The lowest BCUT2D eigenvalue weighted by Gasteiger charge is -2.03. The number of amides is 1. The zero-order chi connectivity index (χ0) is 10.9. The molecule has 6 heteroatoms. The topological polar surface area (TPSA) is 71.8 Å². The van der Waals surface area contributed by atoms with Gasteiger partial charge in [-0.3, -0.25) is 9.48 Å². The molecule has 0 radical (unpaired) electrons. The van der Waals surface area contributed by atoms with E-state index in [0.29, 0.717) is 6.42 Å². The van der Waals surface area contributed by atoms with Crippen molar-refractivity contribution in [2.24, 2.45) is 0 Å². The van der Waals surface area contributed by atoms with Gasteiger partial charge in [-0.2, -0.15) is 0 Å². The van der Waals surface area contributed by atoms with Crippen molar-refractivity contribution in [1.29, 1.82) is 0 Å². The highest BCUT2D eigenvalue weighted by Gasteiger charge is 1.96. The van der Waals surface area contributed by atoms with Crippen LogP contribution in [0.1, 0.15) is 12.8 Å². The van der Waals surface area contributed by atoms with Crippen LogP contribution in [-0.4, -0.2) is 41.0 Å². The van der Waals surface area contributed by atoms with Crippen LogP contribution >= 0.6 is 0 Å². The molecule has 6 nitrogen and oxygen atoms in total. The summed E-state index contributed by atoms with van der Waals surface area (Å²) in [6, 6.07) is 0. The fraction of sp³-hybridized carbons (Fsp3) is 0.667. The van der Waals surface area contributed by atoms with Crippen molar-refractivity contribution in [2.45, 2.75) is 19.4 Å². The van der Waals surface area contributed by atoms with E-state index in [2.05, 4.69) is 20.9 Å². The lowest BCUT2D eigenvalue weighted by Crippen LogP contribution is -2.25. The minimum Gasteiger partial charge on any atom is -0.359 e. The molecule has 0 aromatic carbocycles. The largest absolute Gasteiger partial charge is 0.359 e. The van der Waals surface area contributed by atoms with Gasteiger partial charge in [0, 0.05) is 32.8 Å². The Morgan fingerprint density at radius 3 is 3.00 bits per heavy atom. The van der Waals surface area contributed by atoms with E-state index in [0.717, 1.165) is 26.1 Å².